The molecule has 134 valence electrons. The Hall–Kier alpha value is -2.06. The maximum absolute atomic E-state index is 11.9. The number of carbonyl (C=O) groups is 1. The Kier molecular flexibility index (Phi) is 5.29. The van der Waals surface area contributed by atoms with Crippen LogP contribution in [-0.4, -0.2) is 41.0 Å². The van der Waals surface area contributed by atoms with Crippen LogP contribution >= 0.6 is 11.3 Å². The maximum Gasteiger partial charge on any atom is 0.335 e. The number of carbonyl (C=O) groups excluding carboxylic acids is 1. The second-order valence-electron chi connectivity index (χ2n) is 6.25. The summed E-state index contributed by atoms with van der Waals surface area (Å²) >= 11 is 1.57. The van der Waals surface area contributed by atoms with Crippen LogP contribution in [0.5, 0.6) is 0 Å². The topological polar surface area (TPSA) is 88.5 Å². The molecule has 25 heavy (non-hydrogen) atoms. The van der Waals surface area contributed by atoms with E-state index < -0.39 is 0 Å². The van der Waals surface area contributed by atoms with Gasteiger partial charge in [-0.15, -0.1) is 11.3 Å². The highest BCUT2D eigenvalue weighted by molar-refractivity contribution is 7.20. The first-order valence-corrected chi connectivity index (χ1v) is 9.21. The number of hydrogen-bond acceptors (Lipinski definition) is 6. The van der Waals surface area contributed by atoms with Crippen LogP contribution in [0.3, 0.4) is 0 Å². The molecular weight excluding hydrogens is 338 g/mol. The van der Waals surface area contributed by atoms with E-state index >= 15 is 0 Å². The quantitative estimate of drug-likeness (QED) is 0.647. The van der Waals surface area contributed by atoms with E-state index in [1.807, 2.05) is 27.7 Å². The van der Waals surface area contributed by atoms with Gasteiger partial charge in [-0.3, -0.25) is 0 Å². The first-order chi connectivity index (χ1) is 12.0. The molecule has 1 aliphatic heterocycles. The fourth-order valence-corrected chi connectivity index (χ4v) is 4.28. The largest absolute Gasteiger partial charge is 0.376 e. The number of hydrogen-bond donors (Lipinski definition) is 2. The van der Waals surface area contributed by atoms with Gasteiger partial charge in [0.25, 0.3) is 0 Å². The molecule has 1 saturated heterocycles. The summed E-state index contributed by atoms with van der Waals surface area (Å²) in [6.45, 7) is 9.09. The second kappa shape index (κ2) is 7.45. The Bertz CT molecular complexity index is 824. The Morgan fingerprint density at radius 3 is 2.88 bits per heavy atom. The normalized spacial score (nSPS) is 17.9. The smallest absolute Gasteiger partial charge is 0.335 e. The SMILES string of the molecule is CC(=NNC(=O)NCC1CCCO1)c1sc2nc(C)nc(C)c2c1C. The molecule has 3 rings (SSSR count). The number of aromatic nitrogens is 2. The van der Waals surface area contributed by atoms with Crippen molar-refractivity contribution in [1.82, 2.24) is 20.7 Å². The predicted octanol–water partition coefficient (Wildman–Crippen LogP) is 2.82. The van der Waals surface area contributed by atoms with Crippen LogP contribution in [0.2, 0.25) is 0 Å². The molecule has 2 amide bonds. The molecule has 7 nitrogen and oxygen atoms in total. The summed E-state index contributed by atoms with van der Waals surface area (Å²) in [6, 6.07) is -0.319. The van der Waals surface area contributed by atoms with Crippen molar-refractivity contribution in [3.63, 3.8) is 0 Å². The van der Waals surface area contributed by atoms with Gasteiger partial charge in [-0.2, -0.15) is 5.10 Å². The minimum atomic E-state index is -0.319. The second-order valence-corrected chi connectivity index (χ2v) is 7.25. The number of rotatable bonds is 4. The van der Waals surface area contributed by atoms with Crippen LogP contribution in [0, 0.1) is 20.8 Å². The van der Waals surface area contributed by atoms with E-state index in [-0.39, 0.29) is 12.1 Å². The molecule has 1 aliphatic rings. The third kappa shape index (κ3) is 3.96. The van der Waals surface area contributed by atoms with E-state index in [1.54, 1.807) is 11.3 Å². The molecule has 1 unspecified atom stereocenters. The molecule has 1 fully saturated rings. The number of ether oxygens (including phenoxy) is 1. The van der Waals surface area contributed by atoms with Crippen LogP contribution in [0.1, 0.15) is 41.7 Å². The fraction of sp³-hybridized carbons (Fsp3) is 0.529. The van der Waals surface area contributed by atoms with Gasteiger partial charge < -0.3 is 10.1 Å². The van der Waals surface area contributed by atoms with Crippen molar-refractivity contribution in [1.29, 1.82) is 0 Å². The van der Waals surface area contributed by atoms with E-state index in [0.29, 0.717) is 6.54 Å². The molecule has 0 aliphatic carbocycles. The van der Waals surface area contributed by atoms with Crippen molar-refractivity contribution in [3.05, 3.63) is 22.0 Å². The number of thiophene rings is 1. The highest BCUT2D eigenvalue weighted by Gasteiger charge is 2.17. The number of amides is 2. The number of nitrogens with one attached hydrogen (secondary N) is 2. The molecule has 0 aromatic carbocycles. The predicted molar refractivity (Wildman–Crippen MR) is 99.3 cm³/mol. The zero-order valence-corrected chi connectivity index (χ0v) is 15.8. The van der Waals surface area contributed by atoms with E-state index in [1.165, 1.54) is 0 Å². The lowest BCUT2D eigenvalue weighted by molar-refractivity contribution is 0.111. The number of nitrogens with zero attached hydrogens (tertiary/aromatic N) is 3. The summed E-state index contributed by atoms with van der Waals surface area (Å²) in [5, 5.41) is 8.08. The Labute approximate surface area is 150 Å². The number of fused-ring (bicyclic) bond motifs is 1. The lowest BCUT2D eigenvalue weighted by Gasteiger charge is -2.10. The highest BCUT2D eigenvalue weighted by Crippen LogP contribution is 2.31. The lowest BCUT2D eigenvalue weighted by Crippen LogP contribution is -2.37. The summed E-state index contributed by atoms with van der Waals surface area (Å²) < 4.78 is 5.48. The van der Waals surface area contributed by atoms with Gasteiger partial charge in [0.05, 0.1) is 16.7 Å². The van der Waals surface area contributed by atoms with Gasteiger partial charge >= 0.3 is 6.03 Å². The van der Waals surface area contributed by atoms with Crippen LogP contribution in [0.25, 0.3) is 10.2 Å². The number of aryl methyl sites for hydroxylation is 3. The van der Waals surface area contributed by atoms with Crippen LogP contribution in [0.4, 0.5) is 4.79 Å². The average molecular weight is 361 g/mol. The average Bonchev–Trinajstić information content (AvgIpc) is 3.18. The third-order valence-corrected chi connectivity index (χ3v) is 5.55. The zero-order chi connectivity index (χ0) is 18.0. The van der Waals surface area contributed by atoms with Crippen LogP contribution in [0.15, 0.2) is 5.10 Å². The molecule has 3 heterocycles. The summed E-state index contributed by atoms with van der Waals surface area (Å²) in [6.07, 6.45) is 2.16. The minimum Gasteiger partial charge on any atom is -0.376 e. The monoisotopic (exact) mass is 361 g/mol. The van der Waals surface area contributed by atoms with Gasteiger partial charge in [0.1, 0.15) is 10.7 Å². The minimum absolute atomic E-state index is 0.116. The van der Waals surface area contributed by atoms with Gasteiger partial charge in [-0.1, -0.05) is 0 Å². The van der Waals surface area contributed by atoms with Gasteiger partial charge in [0.15, 0.2) is 0 Å². The van der Waals surface area contributed by atoms with Crippen molar-refractivity contribution >= 4 is 33.3 Å². The fourth-order valence-electron chi connectivity index (χ4n) is 3.06. The van der Waals surface area contributed by atoms with Gasteiger partial charge in [-0.05, 0) is 46.1 Å². The maximum atomic E-state index is 11.9. The zero-order valence-electron chi connectivity index (χ0n) is 15.0. The van der Waals surface area contributed by atoms with E-state index in [4.69, 9.17) is 4.74 Å². The van der Waals surface area contributed by atoms with Crippen molar-refractivity contribution in [2.75, 3.05) is 13.2 Å². The highest BCUT2D eigenvalue weighted by atomic mass is 32.1. The number of hydrazone groups is 1. The summed E-state index contributed by atoms with van der Waals surface area (Å²) in [7, 11) is 0. The molecule has 1 atom stereocenters. The van der Waals surface area contributed by atoms with Crippen molar-refractivity contribution in [3.8, 4) is 0 Å². The van der Waals surface area contributed by atoms with Crippen molar-refractivity contribution < 1.29 is 9.53 Å². The van der Waals surface area contributed by atoms with Gasteiger partial charge in [0.2, 0.25) is 0 Å². The molecule has 0 spiro atoms. The standard InChI is InChI=1S/C17H23N5O2S/c1-9-14-10(2)19-12(4)20-16(14)25-15(9)11(3)21-22-17(23)18-8-13-6-5-7-24-13/h13H,5-8H2,1-4H3,(H2,18,22,23). The Morgan fingerprint density at radius 2 is 2.16 bits per heavy atom. The van der Waals surface area contributed by atoms with Crippen molar-refractivity contribution in [2.45, 2.75) is 46.6 Å². The molecule has 2 aromatic heterocycles. The van der Waals surface area contributed by atoms with Crippen molar-refractivity contribution in [2.24, 2.45) is 5.10 Å². The van der Waals surface area contributed by atoms with Gasteiger partial charge in [0, 0.05) is 24.2 Å². The molecule has 0 saturated carbocycles. The summed E-state index contributed by atoms with van der Waals surface area (Å²) in [5.41, 5.74) is 5.38. The Balaban J connectivity index is 1.69. The first kappa shape index (κ1) is 17.8. The summed E-state index contributed by atoms with van der Waals surface area (Å²) in [4.78, 5) is 22.8. The Morgan fingerprint density at radius 1 is 1.36 bits per heavy atom. The van der Waals surface area contributed by atoms with E-state index in [2.05, 4.69) is 25.8 Å². The molecule has 0 bridgehead atoms. The molecular formula is C17H23N5O2S. The van der Waals surface area contributed by atoms with E-state index in [0.717, 1.165) is 57.3 Å². The van der Waals surface area contributed by atoms with Crippen LogP contribution in [-0.2, 0) is 4.74 Å². The molecule has 2 N–H and O–H groups in total. The van der Waals surface area contributed by atoms with Gasteiger partial charge in [-0.25, -0.2) is 20.2 Å². The lowest BCUT2D eigenvalue weighted by atomic mass is 10.1. The molecule has 2 aromatic rings. The summed E-state index contributed by atoms with van der Waals surface area (Å²) in [5.74, 6) is 0.763. The van der Waals surface area contributed by atoms with E-state index in [9.17, 15) is 4.79 Å². The molecule has 0 radical (unpaired) electrons. The van der Waals surface area contributed by atoms with Crippen LogP contribution < -0.4 is 10.7 Å². The number of urea groups is 1. The molecule has 8 heteroatoms. The first-order valence-electron chi connectivity index (χ1n) is 8.40. The third-order valence-electron chi connectivity index (χ3n) is 4.25.